The van der Waals surface area contributed by atoms with Crippen LogP contribution in [0.2, 0.25) is 5.02 Å². The van der Waals surface area contributed by atoms with E-state index >= 15 is 0 Å². The van der Waals surface area contributed by atoms with Crippen LogP contribution in [0, 0.1) is 5.82 Å². The highest BCUT2D eigenvalue weighted by Gasteiger charge is 2.37. The highest BCUT2D eigenvalue weighted by molar-refractivity contribution is 7.89. The zero-order valence-electron chi connectivity index (χ0n) is 11.9. The maximum atomic E-state index is 14.1. The molecule has 0 saturated carbocycles. The number of thiophene rings is 1. The molecule has 7 heteroatoms. The molecule has 0 amide bonds. The van der Waals surface area contributed by atoms with E-state index in [9.17, 15) is 12.8 Å². The van der Waals surface area contributed by atoms with Gasteiger partial charge in [-0.15, -0.1) is 11.3 Å². The van der Waals surface area contributed by atoms with Gasteiger partial charge in [0.2, 0.25) is 10.0 Å². The number of hydrogen-bond acceptors (Lipinski definition) is 3. The molecular formula is C15H15ClFNO2S2. The van der Waals surface area contributed by atoms with E-state index in [0.29, 0.717) is 19.4 Å². The summed E-state index contributed by atoms with van der Waals surface area (Å²) in [7, 11) is -3.89. The summed E-state index contributed by atoms with van der Waals surface area (Å²) in [6.45, 7) is 2.31. The molecule has 2 aromatic rings. The lowest BCUT2D eigenvalue weighted by Gasteiger charge is -2.34. The molecule has 3 rings (SSSR count). The number of halogens is 2. The summed E-state index contributed by atoms with van der Waals surface area (Å²) < 4.78 is 41.2. The van der Waals surface area contributed by atoms with Crippen LogP contribution in [-0.2, 0) is 16.4 Å². The summed E-state index contributed by atoms with van der Waals surface area (Å²) in [5, 5.41) is 2.16. The van der Waals surface area contributed by atoms with E-state index in [2.05, 4.69) is 0 Å². The third kappa shape index (κ3) is 2.58. The topological polar surface area (TPSA) is 37.4 Å². The number of fused-ring (bicyclic) bond motifs is 1. The Morgan fingerprint density at radius 1 is 1.41 bits per heavy atom. The van der Waals surface area contributed by atoms with Gasteiger partial charge in [0, 0.05) is 16.4 Å². The Balaban J connectivity index is 2.06. The van der Waals surface area contributed by atoms with E-state index in [1.54, 1.807) is 11.3 Å². The standard InChI is InChI=1S/C15H15ClFNO2S2/c1-2-13-11-6-8-21-14(11)5-7-18(13)22(19,20)15-4-3-10(16)9-12(15)17/h3-4,6,8-9,13H,2,5,7H2,1H3/t13-/m0/s1. The monoisotopic (exact) mass is 359 g/mol. The van der Waals surface area contributed by atoms with Gasteiger partial charge in [0.1, 0.15) is 10.7 Å². The average Bonchev–Trinajstić information content (AvgIpc) is 2.94. The quantitative estimate of drug-likeness (QED) is 0.822. The summed E-state index contributed by atoms with van der Waals surface area (Å²) in [5.41, 5.74) is 1.04. The van der Waals surface area contributed by atoms with Gasteiger partial charge in [0.05, 0.1) is 6.04 Å². The number of rotatable bonds is 3. The Morgan fingerprint density at radius 2 is 2.18 bits per heavy atom. The molecule has 0 saturated heterocycles. The predicted octanol–water partition coefficient (Wildman–Crippen LogP) is 4.24. The molecule has 0 bridgehead atoms. The molecule has 0 N–H and O–H groups in total. The lowest BCUT2D eigenvalue weighted by Crippen LogP contribution is -2.39. The zero-order chi connectivity index (χ0) is 15.9. The summed E-state index contributed by atoms with van der Waals surface area (Å²) in [4.78, 5) is 0.906. The Morgan fingerprint density at radius 3 is 2.86 bits per heavy atom. The molecule has 118 valence electrons. The molecule has 1 aliphatic rings. The maximum Gasteiger partial charge on any atom is 0.246 e. The van der Waals surface area contributed by atoms with E-state index in [-0.39, 0.29) is 16.0 Å². The van der Waals surface area contributed by atoms with Crippen LogP contribution in [0.3, 0.4) is 0 Å². The number of sulfonamides is 1. The lowest BCUT2D eigenvalue weighted by molar-refractivity contribution is 0.302. The second-order valence-electron chi connectivity index (χ2n) is 5.16. The van der Waals surface area contributed by atoms with Gasteiger partial charge in [-0.25, -0.2) is 12.8 Å². The summed E-state index contributed by atoms with van der Waals surface area (Å²) in [6, 6.07) is 5.40. The lowest BCUT2D eigenvalue weighted by atomic mass is 10.0. The second-order valence-corrected chi connectivity index (χ2v) is 8.46. The molecule has 0 unspecified atom stereocenters. The first-order valence-electron chi connectivity index (χ1n) is 6.98. The minimum absolute atomic E-state index is 0.183. The fourth-order valence-electron chi connectivity index (χ4n) is 2.90. The first-order chi connectivity index (χ1) is 10.4. The molecule has 1 aliphatic heterocycles. The highest BCUT2D eigenvalue weighted by Crippen LogP contribution is 2.38. The minimum atomic E-state index is -3.89. The smallest absolute Gasteiger partial charge is 0.207 e. The van der Waals surface area contributed by atoms with Crippen molar-refractivity contribution in [3.05, 3.63) is 50.9 Å². The summed E-state index contributed by atoms with van der Waals surface area (Å²) in [6.07, 6.45) is 1.32. The zero-order valence-corrected chi connectivity index (χ0v) is 14.3. The molecular weight excluding hydrogens is 345 g/mol. The molecule has 0 radical (unpaired) electrons. The Kier molecular flexibility index (Phi) is 4.29. The van der Waals surface area contributed by atoms with Gasteiger partial charge in [0.25, 0.3) is 0 Å². The van der Waals surface area contributed by atoms with Crippen molar-refractivity contribution in [1.82, 2.24) is 4.31 Å². The van der Waals surface area contributed by atoms with Gasteiger partial charge in [-0.3, -0.25) is 0 Å². The maximum absolute atomic E-state index is 14.1. The highest BCUT2D eigenvalue weighted by atomic mass is 35.5. The van der Waals surface area contributed by atoms with Crippen LogP contribution in [-0.4, -0.2) is 19.3 Å². The fourth-order valence-corrected chi connectivity index (χ4v) is 5.71. The van der Waals surface area contributed by atoms with Gasteiger partial charge >= 0.3 is 0 Å². The predicted molar refractivity (Wildman–Crippen MR) is 86.4 cm³/mol. The van der Waals surface area contributed by atoms with Crippen molar-refractivity contribution in [2.24, 2.45) is 0 Å². The van der Waals surface area contributed by atoms with Crippen molar-refractivity contribution in [3.63, 3.8) is 0 Å². The third-order valence-corrected chi connectivity index (χ3v) is 7.09. The molecule has 1 aromatic carbocycles. The SMILES string of the molecule is CC[C@H]1c2ccsc2CCN1S(=O)(=O)c1ccc(Cl)cc1F. The van der Waals surface area contributed by atoms with Crippen LogP contribution in [0.15, 0.2) is 34.5 Å². The molecule has 0 aliphatic carbocycles. The molecule has 2 heterocycles. The largest absolute Gasteiger partial charge is 0.246 e. The molecule has 1 atom stereocenters. The summed E-state index contributed by atoms with van der Waals surface area (Å²) in [5.74, 6) is -0.807. The van der Waals surface area contributed by atoms with Gasteiger partial charge in [-0.05, 0) is 48.1 Å². The van der Waals surface area contributed by atoms with Crippen molar-refractivity contribution in [3.8, 4) is 0 Å². The first kappa shape index (κ1) is 15.9. The van der Waals surface area contributed by atoms with Gasteiger partial charge in [0.15, 0.2) is 0 Å². The van der Waals surface area contributed by atoms with E-state index in [0.717, 1.165) is 11.6 Å². The number of nitrogens with zero attached hydrogens (tertiary/aromatic N) is 1. The van der Waals surface area contributed by atoms with E-state index in [4.69, 9.17) is 11.6 Å². The van der Waals surface area contributed by atoms with Gasteiger partial charge < -0.3 is 0 Å². The second kappa shape index (κ2) is 5.92. The van der Waals surface area contributed by atoms with Crippen molar-refractivity contribution >= 4 is 33.0 Å². The Bertz CT molecular complexity index is 804. The first-order valence-corrected chi connectivity index (χ1v) is 9.68. The molecule has 22 heavy (non-hydrogen) atoms. The fraction of sp³-hybridized carbons (Fsp3) is 0.333. The molecule has 3 nitrogen and oxygen atoms in total. The number of benzene rings is 1. The average molecular weight is 360 g/mol. The van der Waals surface area contributed by atoms with Crippen LogP contribution in [0.4, 0.5) is 4.39 Å². The normalized spacial score (nSPS) is 19.1. The van der Waals surface area contributed by atoms with Crippen LogP contribution in [0.1, 0.15) is 29.8 Å². The third-order valence-electron chi connectivity index (χ3n) is 3.91. The van der Waals surface area contributed by atoms with Crippen molar-refractivity contribution in [2.75, 3.05) is 6.54 Å². The van der Waals surface area contributed by atoms with Gasteiger partial charge in [-0.1, -0.05) is 18.5 Å². The van der Waals surface area contributed by atoms with E-state index < -0.39 is 15.8 Å². The Labute approximate surface area is 138 Å². The number of hydrogen-bond donors (Lipinski definition) is 0. The minimum Gasteiger partial charge on any atom is -0.207 e. The van der Waals surface area contributed by atoms with E-state index in [1.165, 1.54) is 21.3 Å². The Hall–Kier alpha value is -0.950. The van der Waals surface area contributed by atoms with Crippen LogP contribution in [0.5, 0.6) is 0 Å². The van der Waals surface area contributed by atoms with Crippen LogP contribution < -0.4 is 0 Å². The van der Waals surface area contributed by atoms with E-state index in [1.807, 2.05) is 18.4 Å². The molecule has 0 spiro atoms. The van der Waals surface area contributed by atoms with Crippen LogP contribution in [0.25, 0.3) is 0 Å². The molecule has 1 aromatic heterocycles. The van der Waals surface area contributed by atoms with Crippen molar-refractivity contribution in [1.29, 1.82) is 0 Å². The van der Waals surface area contributed by atoms with Crippen LogP contribution >= 0.6 is 22.9 Å². The molecule has 0 fully saturated rings. The van der Waals surface area contributed by atoms with Gasteiger partial charge in [-0.2, -0.15) is 4.31 Å². The summed E-state index contributed by atoms with van der Waals surface area (Å²) >= 11 is 7.36. The van der Waals surface area contributed by atoms with Crippen molar-refractivity contribution in [2.45, 2.75) is 30.7 Å². The van der Waals surface area contributed by atoms with Crippen molar-refractivity contribution < 1.29 is 12.8 Å².